The molecule has 1 saturated heterocycles. The number of ketones is 1. The molecule has 1 aliphatic rings. The first-order chi connectivity index (χ1) is 11.3. The topological polar surface area (TPSA) is 66.8 Å². The van der Waals surface area contributed by atoms with Gasteiger partial charge in [0.05, 0.1) is 24.9 Å². The fourth-order valence-corrected chi connectivity index (χ4v) is 3.01. The lowest BCUT2D eigenvalue weighted by Gasteiger charge is -2.33. The van der Waals surface area contributed by atoms with Crippen molar-refractivity contribution >= 4 is 5.78 Å². The van der Waals surface area contributed by atoms with Gasteiger partial charge in [-0.25, -0.2) is 0 Å². The summed E-state index contributed by atoms with van der Waals surface area (Å²) < 4.78 is 5.97. The summed E-state index contributed by atoms with van der Waals surface area (Å²) in [5, 5.41) is 19.4. The highest BCUT2D eigenvalue weighted by Crippen LogP contribution is 2.31. The average Bonchev–Trinajstić information content (AvgIpc) is 2.66. The molecule has 0 aromatic rings. The Hall–Kier alpha value is -0.970. The number of hydrogen-bond acceptors (Lipinski definition) is 4. The van der Waals surface area contributed by atoms with Crippen molar-refractivity contribution in [3.05, 3.63) is 23.3 Å². The lowest BCUT2D eigenvalue weighted by atomic mass is 9.87. The van der Waals surface area contributed by atoms with E-state index >= 15 is 0 Å². The van der Waals surface area contributed by atoms with Crippen LogP contribution in [0, 0.1) is 5.92 Å². The molecule has 138 valence electrons. The average molecular weight is 338 g/mol. The molecule has 1 fully saturated rings. The van der Waals surface area contributed by atoms with Crippen molar-refractivity contribution in [1.29, 1.82) is 0 Å². The van der Waals surface area contributed by atoms with Gasteiger partial charge in [0, 0.05) is 12.3 Å². The summed E-state index contributed by atoms with van der Waals surface area (Å²) in [4.78, 5) is 12.1. The SMILES string of the molecule is CC(C)=CCC(=O)[C@H](C)CCC[C@]1(C)OCC(=CCO)CC[C@H]1O. The van der Waals surface area contributed by atoms with Crippen LogP contribution >= 0.6 is 0 Å². The van der Waals surface area contributed by atoms with Crippen molar-refractivity contribution in [2.75, 3.05) is 13.2 Å². The molecule has 1 aliphatic heterocycles. The normalized spacial score (nSPS) is 27.6. The van der Waals surface area contributed by atoms with Crippen LogP contribution in [0.15, 0.2) is 23.3 Å². The third-order valence-electron chi connectivity index (χ3n) is 4.98. The maximum atomic E-state index is 12.1. The zero-order valence-electron chi connectivity index (χ0n) is 15.7. The summed E-state index contributed by atoms with van der Waals surface area (Å²) in [7, 11) is 0. The third-order valence-corrected chi connectivity index (χ3v) is 4.98. The molecule has 2 N–H and O–H groups in total. The van der Waals surface area contributed by atoms with E-state index in [1.54, 1.807) is 6.08 Å². The zero-order valence-corrected chi connectivity index (χ0v) is 15.7. The van der Waals surface area contributed by atoms with E-state index in [1.165, 1.54) is 5.57 Å². The van der Waals surface area contributed by atoms with Crippen LogP contribution in [0.3, 0.4) is 0 Å². The second kappa shape index (κ2) is 10.1. The Balaban J connectivity index is 2.48. The minimum atomic E-state index is -0.576. The second-order valence-corrected chi connectivity index (χ2v) is 7.45. The first-order valence-corrected chi connectivity index (χ1v) is 9.05. The molecule has 0 aromatic carbocycles. The number of aliphatic hydroxyl groups is 2. The van der Waals surface area contributed by atoms with Crippen molar-refractivity contribution in [2.45, 2.75) is 77.9 Å². The Morgan fingerprint density at radius 1 is 1.46 bits per heavy atom. The quantitative estimate of drug-likeness (QED) is 0.664. The number of ether oxygens (including phenoxy) is 1. The van der Waals surface area contributed by atoms with Crippen LogP contribution < -0.4 is 0 Å². The first-order valence-electron chi connectivity index (χ1n) is 9.05. The number of carbonyl (C=O) groups excluding carboxylic acids is 1. The molecular formula is C20H34O4. The molecule has 0 amide bonds. The summed E-state index contributed by atoms with van der Waals surface area (Å²) >= 11 is 0. The maximum absolute atomic E-state index is 12.1. The van der Waals surface area contributed by atoms with Crippen LogP contribution in [-0.2, 0) is 9.53 Å². The minimum absolute atomic E-state index is 0.0107. The molecule has 3 atom stereocenters. The molecule has 0 aliphatic carbocycles. The molecular weight excluding hydrogens is 304 g/mol. The Kier molecular flexibility index (Phi) is 8.88. The maximum Gasteiger partial charge on any atom is 0.139 e. The summed E-state index contributed by atoms with van der Waals surface area (Å²) in [6.45, 7) is 8.41. The van der Waals surface area contributed by atoms with Crippen molar-refractivity contribution < 1.29 is 19.7 Å². The van der Waals surface area contributed by atoms with Gasteiger partial charge in [-0.2, -0.15) is 0 Å². The van der Waals surface area contributed by atoms with Gasteiger partial charge in [0.2, 0.25) is 0 Å². The Labute approximate surface area is 146 Å². The standard InChI is InChI=1S/C20H34O4/c1-15(2)7-9-18(22)16(3)6-5-12-20(4)19(23)10-8-17(11-13-21)14-24-20/h7,11,16,19,21,23H,5-6,8-10,12-14H2,1-4H3/t16-,19-,20+/m1/s1. The number of carbonyl (C=O) groups is 1. The van der Waals surface area contributed by atoms with Gasteiger partial charge in [-0.15, -0.1) is 0 Å². The summed E-state index contributed by atoms with van der Waals surface area (Å²) in [6.07, 6.45) is 7.56. The van der Waals surface area contributed by atoms with Crippen LogP contribution in [0.25, 0.3) is 0 Å². The number of aliphatic hydroxyl groups excluding tert-OH is 2. The monoisotopic (exact) mass is 338 g/mol. The largest absolute Gasteiger partial charge is 0.392 e. The van der Waals surface area contributed by atoms with Gasteiger partial charge >= 0.3 is 0 Å². The lowest BCUT2D eigenvalue weighted by Crippen LogP contribution is -2.41. The van der Waals surface area contributed by atoms with Crippen molar-refractivity contribution in [2.24, 2.45) is 5.92 Å². The van der Waals surface area contributed by atoms with Gasteiger partial charge in [-0.1, -0.05) is 24.6 Å². The van der Waals surface area contributed by atoms with E-state index in [0.717, 1.165) is 31.3 Å². The van der Waals surface area contributed by atoms with Crippen LogP contribution in [0.2, 0.25) is 0 Å². The molecule has 1 rings (SSSR count). The predicted octanol–water partition coefficient (Wildman–Crippen LogP) is 3.57. The zero-order chi connectivity index (χ0) is 18.2. The van der Waals surface area contributed by atoms with Gasteiger partial charge in [0.15, 0.2) is 0 Å². The first kappa shape index (κ1) is 21.1. The van der Waals surface area contributed by atoms with E-state index in [0.29, 0.717) is 19.4 Å². The van der Waals surface area contributed by atoms with Crippen molar-refractivity contribution in [1.82, 2.24) is 0 Å². The molecule has 4 nitrogen and oxygen atoms in total. The van der Waals surface area contributed by atoms with Gasteiger partial charge in [0.25, 0.3) is 0 Å². The van der Waals surface area contributed by atoms with E-state index in [-0.39, 0.29) is 18.3 Å². The Morgan fingerprint density at radius 3 is 2.79 bits per heavy atom. The number of allylic oxidation sites excluding steroid dienone is 2. The molecule has 0 unspecified atom stereocenters. The minimum Gasteiger partial charge on any atom is -0.392 e. The molecule has 0 bridgehead atoms. The Bertz CT molecular complexity index is 462. The van der Waals surface area contributed by atoms with Gasteiger partial charge in [-0.3, -0.25) is 4.79 Å². The number of Topliss-reactive ketones (excluding diaryl/α,β-unsaturated/α-hetero) is 1. The van der Waals surface area contributed by atoms with Gasteiger partial charge in [0.1, 0.15) is 5.78 Å². The molecule has 0 saturated carbocycles. The van der Waals surface area contributed by atoms with Gasteiger partial charge < -0.3 is 14.9 Å². The summed E-state index contributed by atoms with van der Waals surface area (Å²) in [6, 6.07) is 0. The van der Waals surface area contributed by atoms with E-state index in [9.17, 15) is 9.90 Å². The summed E-state index contributed by atoms with van der Waals surface area (Å²) in [5.74, 6) is 0.314. The van der Waals surface area contributed by atoms with E-state index in [1.807, 2.05) is 33.8 Å². The second-order valence-electron chi connectivity index (χ2n) is 7.45. The van der Waals surface area contributed by atoms with E-state index in [4.69, 9.17) is 9.84 Å². The van der Waals surface area contributed by atoms with Crippen molar-refractivity contribution in [3.63, 3.8) is 0 Å². The van der Waals surface area contributed by atoms with Crippen LogP contribution in [-0.4, -0.2) is 40.9 Å². The van der Waals surface area contributed by atoms with Gasteiger partial charge in [-0.05, 0) is 58.4 Å². The molecule has 0 aromatic heterocycles. The Morgan fingerprint density at radius 2 is 2.17 bits per heavy atom. The highest BCUT2D eigenvalue weighted by Gasteiger charge is 2.35. The fourth-order valence-electron chi connectivity index (χ4n) is 3.01. The molecule has 0 spiro atoms. The highest BCUT2D eigenvalue weighted by atomic mass is 16.5. The van der Waals surface area contributed by atoms with E-state index in [2.05, 4.69) is 0 Å². The molecule has 24 heavy (non-hydrogen) atoms. The smallest absolute Gasteiger partial charge is 0.139 e. The molecule has 0 radical (unpaired) electrons. The fraction of sp³-hybridized carbons (Fsp3) is 0.750. The van der Waals surface area contributed by atoms with Crippen LogP contribution in [0.4, 0.5) is 0 Å². The van der Waals surface area contributed by atoms with Crippen LogP contribution in [0.1, 0.15) is 66.2 Å². The third kappa shape index (κ3) is 6.88. The highest BCUT2D eigenvalue weighted by molar-refractivity contribution is 5.82. The summed E-state index contributed by atoms with van der Waals surface area (Å²) in [5.41, 5.74) is 1.64. The number of hydrogen-bond donors (Lipinski definition) is 2. The van der Waals surface area contributed by atoms with Crippen molar-refractivity contribution in [3.8, 4) is 0 Å². The lowest BCUT2D eigenvalue weighted by molar-refractivity contribution is -0.122. The van der Waals surface area contributed by atoms with Crippen LogP contribution in [0.5, 0.6) is 0 Å². The molecule has 4 heteroatoms. The molecule has 1 heterocycles. The number of rotatable bonds is 8. The van der Waals surface area contributed by atoms with E-state index < -0.39 is 11.7 Å². The predicted molar refractivity (Wildman–Crippen MR) is 96.8 cm³/mol.